The van der Waals surface area contributed by atoms with Crippen LogP contribution in [0, 0.1) is 0 Å². The first-order chi connectivity index (χ1) is 17.7. The highest BCUT2D eigenvalue weighted by molar-refractivity contribution is 5.98. The number of phenolic OH excluding ortho intramolecular Hbond substituents is 1. The molecule has 3 rings (SSSR count). The number of aliphatic hydroxyl groups is 1. The van der Waals surface area contributed by atoms with Crippen LogP contribution in [0.3, 0.4) is 0 Å². The second-order valence-electron chi connectivity index (χ2n) is 8.73. The number of rotatable bonds is 10. The van der Waals surface area contributed by atoms with Crippen LogP contribution in [0.1, 0.15) is 42.8 Å². The van der Waals surface area contributed by atoms with Crippen molar-refractivity contribution in [3.63, 3.8) is 0 Å². The molecular formula is C29H35N3O6. The van der Waals surface area contributed by atoms with Gasteiger partial charge in [-0.15, -0.1) is 0 Å². The minimum absolute atomic E-state index is 0. The fourth-order valence-corrected chi connectivity index (χ4v) is 3.79. The van der Waals surface area contributed by atoms with E-state index in [2.05, 4.69) is 29.7 Å². The predicted octanol–water partition coefficient (Wildman–Crippen LogP) is 2.97. The van der Waals surface area contributed by atoms with E-state index in [1.54, 1.807) is 24.3 Å². The van der Waals surface area contributed by atoms with Crippen molar-refractivity contribution in [1.82, 2.24) is 16.1 Å². The summed E-state index contributed by atoms with van der Waals surface area (Å²) in [5.41, 5.74) is 5.56. The average Bonchev–Trinajstić information content (AvgIpc) is 2.91. The van der Waals surface area contributed by atoms with Gasteiger partial charge in [0.05, 0.1) is 6.10 Å². The molecule has 0 radical (unpaired) electrons. The maximum absolute atomic E-state index is 13.1. The number of benzene rings is 3. The van der Waals surface area contributed by atoms with Crippen LogP contribution in [-0.4, -0.2) is 51.3 Å². The van der Waals surface area contributed by atoms with Crippen LogP contribution in [0.25, 0.3) is 11.1 Å². The van der Waals surface area contributed by atoms with Crippen molar-refractivity contribution >= 4 is 17.7 Å². The van der Waals surface area contributed by atoms with E-state index in [4.69, 9.17) is 5.21 Å². The van der Waals surface area contributed by atoms with Gasteiger partial charge in [-0.25, -0.2) is 5.48 Å². The van der Waals surface area contributed by atoms with E-state index in [1.807, 2.05) is 24.3 Å². The molecule has 3 aromatic rings. The van der Waals surface area contributed by atoms with Crippen molar-refractivity contribution in [2.75, 3.05) is 0 Å². The third-order valence-electron chi connectivity index (χ3n) is 6.01. The summed E-state index contributed by atoms with van der Waals surface area (Å²) in [7, 11) is 0. The Balaban J connectivity index is 0.00000507. The zero-order chi connectivity index (χ0) is 26.9. The molecule has 202 valence electrons. The van der Waals surface area contributed by atoms with Gasteiger partial charge in [0, 0.05) is 12.0 Å². The highest BCUT2D eigenvalue weighted by Crippen LogP contribution is 2.21. The SMILES string of the molecule is C.CCc1ccc(-c2ccc(C(=O)N[C@@H](Cc3ccc(O)cc3)C(=O)N[C@H](C(=O)NO)[C@@H](C)O)cc2)cc1. The fourth-order valence-electron chi connectivity index (χ4n) is 3.79. The topological polar surface area (TPSA) is 148 Å². The molecule has 0 aromatic heterocycles. The number of hydrogen-bond acceptors (Lipinski definition) is 6. The van der Waals surface area contributed by atoms with Gasteiger partial charge in [0.15, 0.2) is 0 Å². The molecule has 3 aromatic carbocycles. The zero-order valence-electron chi connectivity index (χ0n) is 20.6. The Morgan fingerprint density at radius 2 is 1.32 bits per heavy atom. The third kappa shape index (κ3) is 7.89. The molecule has 38 heavy (non-hydrogen) atoms. The van der Waals surface area contributed by atoms with Crippen molar-refractivity contribution in [3.8, 4) is 16.9 Å². The van der Waals surface area contributed by atoms with E-state index in [1.165, 1.54) is 30.1 Å². The fraction of sp³-hybridized carbons (Fsp3) is 0.276. The lowest BCUT2D eigenvalue weighted by molar-refractivity contribution is -0.138. The van der Waals surface area contributed by atoms with Crippen molar-refractivity contribution in [1.29, 1.82) is 0 Å². The first-order valence-electron chi connectivity index (χ1n) is 11.9. The van der Waals surface area contributed by atoms with E-state index >= 15 is 0 Å². The van der Waals surface area contributed by atoms with Gasteiger partial charge < -0.3 is 20.8 Å². The Morgan fingerprint density at radius 1 is 0.789 bits per heavy atom. The molecule has 3 amide bonds. The highest BCUT2D eigenvalue weighted by Gasteiger charge is 2.30. The highest BCUT2D eigenvalue weighted by atomic mass is 16.5. The monoisotopic (exact) mass is 521 g/mol. The minimum atomic E-state index is -1.44. The maximum atomic E-state index is 13.1. The van der Waals surface area contributed by atoms with Gasteiger partial charge >= 0.3 is 0 Å². The molecule has 6 N–H and O–H groups in total. The van der Waals surface area contributed by atoms with Gasteiger partial charge in [-0.2, -0.15) is 0 Å². The summed E-state index contributed by atoms with van der Waals surface area (Å²) in [4.78, 5) is 38.0. The van der Waals surface area contributed by atoms with Gasteiger partial charge in [-0.05, 0) is 59.9 Å². The smallest absolute Gasteiger partial charge is 0.268 e. The molecule has 0 aliphatic rings. The van der Waals surface area contributed by atoms with Gasteiger partial charge in [-0.3, -0.25) is 19.6 Å². The van der Waals surface area contributed by atoms with Crippen LogP contribution >= 0.6 is 0 Å². The Labute approximate surface area is 222 Å². The summed E-state index contributed by atoms with van der Waals surface area (Å²) < 4.78 is 0. The Bertz CT molecular complexity index is 1210. The van der Waals surface area contributed by atoms with E-state index < -0.39 is 35.9 Å². The summed E-state index contributed by atoms with van der Waals surface area (Å²) in [5, 5.41) is 33.4. The largest absolute Gasteiger partial charge is 0.508 e. The van der Waals surface area contributed by atoms with Crippen LogP contribution in [0.2, 0.25) is 0 Å². The minimum Gasteiger partial charge on any atom is -0.508 e. The van der Waals surface area contributed by atoms with Crippen LogP contribution in [0.4, 0.5) is 0 Å². The number of phenols is 1. The number of hydrogen-bond donors (Lipinski definition) is 6. The summed E-state index contributed by atoms with van der Waals surface area (Å²) in [6.45, 7) is 3.37. The quantitative estimate of drug-likeness (QED) is 0.179. The molecule has 0 saturated carbocycles. The second kappa shape index (κ2) is 13.9. The predicted molar refractivity (Wildman–Crippen MR) is 145 cm³/mol. The van der Waals surface area contributed by atoms with Crippen molar-refractivity contribution in [2.45, 2.75) is 52.3 Å². The van der Waals surface area contributed by atoms with E-state index in [-0.39, 0.29) is 19.6 Å². The van der Waals surface area contributed by atoms with Crippen LogP contribution in [0.5, 0.6) is 5.75 Å². The molecule has 0 saturated heterocycles. The molecule has 0 fully saturated rings. The lowest BCUT2D eigenvalue weighted by atomic mass is 10.0. The van der Waals surface area contributed by atoms with Crippen LogP contribution in [-0.2, 0) is 22.4 Å². The Kier molecular flexibility index (Phi) is 11.0. The van der Waals surface area contributed by atoms with Gasteiger partial charge in [0.1, 0.15) is 17.8 Å². The van der Waals surface area contributed by atoms with E-state index in [9.17, 15) is 24.6 Å². The third-order valence-corrected chi connectivity index (χ3v) is 6.01. The molecule has 0 aliphatic carbocycles. The zero-order valence-corrected chi connectivity index (χ0v) is 20.6. The van der Waals surface area contributed by atoms with Crippen molar-refractivity contribution in [2.24, 2.45) is 0 Å². The van der Waals surface area contributed by atoms with Crippen LogP contribution in [0.15, 0.2) is 72.8 Å². The average molecular weight is 522 g/mol. The van der Waals surface area contributed by atoms with Gasteiger partial charge in [0.25, 0.3) is 11.8 Å². The van der Waals surface area contributed by atoms with E-state index in [0.717, 1.165) is 17.5 Å². The van der Waals surface area contributed by atoms with E-state index in [0.29, 0.717) is 11.1 Å². The standard InChI is InChI=1S/C28H31N3O6.CH4/c1-3-18-4-8-20(9-5-18)21-10-12-22(13-11-21)26(34)29-24(16-19-6-14-23(33)15-7-19)27(35)30-25(17(2)32)28(36)31-37;/h4-15,17,24-25,32-33,37H,3,16H2,1-2H3,(H,29,34)(H,30,35)(H,31,36);1H4/t17-,24+,25+;/m1./s1. The molecule has 0 spiro atoms. The lowest BCUT2D eigenvalue weighted by Gasteiger charge is -2.24. The first kappa shape index (κ1) is 30.0. The number of amides is 3. The molecule has 0 unspecified atom stereocenters. The molecule has 0 heterocycles. The summed E-state index contributed by atoms with van der Waals surface area (Å²) in [6.07, 6.45) is -0.312. The first-order valence-corrected chi connectivity index (χ1v) is 11.9. The summed E-state index contributed by atoms with van der Waals surface area (Å²) in [5.74, 6) is -2.19. The van der Waals surface area contributed by atoms with Gasteiger partial charge in [-0.1, -0.05) is 62.9 Å². The second-order valence-corrected chi connectivity index (χ2v) is 8.73. The van der Waals surface area contributed by atoms with Gasteiger partial charge in [0.2, 0.25) is 5.91 Å². The van der Waals surface area contributed by atoms with Crippen molar-refractivity contribution < 1.29 is 29.8 Å². The Morgan fingerprint density at radius 3 is 1.82 bits per heavy atom. The molecule has 0 aliphatic heterocycles. The normalized spacial score (nSPS) is 12.8. The number of nitrogens with one attached hydrogen (secondary N) is 3. The summed E-state index contributed by atoms with van der Waals surface area (Å²) in [6, 6.07) is 18.7. The molecule has 3 atom stereocenters. The number of aryl methyl sites for hydroxylation is 1. The number of aromatic hydroxyl groups is 1. The van der Waals surface area contributed by atoms with Crippen LogP contribution < -0.4 is 16.1 Å². The number of hydroxylamine groups is 1. The molecule has 9 nitrogen and oxygen atoms in total. The Hall–Kier alpha value is -4.21. The molecule has 9 heteroatoms. The molecule has 0 bridgehead atoms. The van der Waals surface area contributed by atoms with Crippen molar-refractivity contribution in [3.05, 3.63) is 89.5 Å². The maximum Gasteiger partial charge on any atom is 0.268 e. The number of carbonyl (C=O) groups is 3. The lowest BCUT2D eigenvalue weighted by Crippen LogP contribution is -2.57. The summed E-state index contributed by atoms with van der Waals surface area (Å²) >= 11 is 0. The number of aliphatic hydroxyl groups excluding tert-OH is 1. The molecular weight excluding hydrogens is 486 g/mol. The number of carbonyl (C=O) groups excluding carboxylic acids is 3.